The van der Waals surface area contributed by atoms with Gasteiger partial charge >= 0.3 is 6.03 Å². The molecule has 1 atom stereocenters. The number of carbonyl (C=O) groups is 2. The minimum Gasteiger partial charge on any atom is -0.354 e. The van der Waals surface area contributed by atoms with Crippen molar-refractivity contribution in [3.05, 3.63) is 72.2 Å². The molecule has 0 radical (unpaired) electrons. The lowest BCUT2D eigenvalue weighted by atomic mass is 10.1. The molecule has 3 rings (SSSR count). The normalized spacial score (nSPS) is 11.8. The number of hydrogen-bond donors (Lipinski definition) is 3. The largest absolute Gasteiger partial charge is 0.354 e. The van der Waals surface area contributed by atoms with Crippen LogP contribution in [0, 0.1) is 5.82 Å². The van der Waals surface area contributed by atoms with Crippen molar-refractivity contribution in [3.8, 4) is 0 Å². The Hall–Kier alpha value is -3.35. The number of halogens is 1. The molecular formula is C24H29FN4O2. The van der Waals surface area contributed by atoms with Crippen molar-refractivity contribution >= 4 is 22.8 Å². The van der Waals surface area contributed by atoms with Gasteiger partial charge in [-0.25, -0.2) is 9.18 Å². The number of nitrogens with zero attached hydrogens (tertiary/aromatic N) is 1. The molecule has 1 unspecified atom stereocenters. The van der Waals surface area contributed by atoms with Crippen molar-refractivity contribution in [2.45, 2.75) is 45.3 Å². The number of benzene rings is 2. The van der Waals surface area contributed by atoms with E-state index < -0.39 is 12.1 Å². The summed E-state index contributed by atoms with van der Waals surface area (Å²) in [7, 11) is 0. The third-order valence-corrected chi connectivity index (χ3v) is 5.12. The highest BCUT2D eigenvalue weighted by atomic mass is 19.1. The maximum absolute atomic E-state index is 13.0. The Labute approximate surface area is 181 Å². The Morgan fingerprint density at radius 2 is 1.81 bits per heavy atom. The molecule has 0 aliphatic heterocycles. The summed E-state index contributed by atoms with van der Waals surface area (Å²) < 4.78 is 15.1. The molecule has 3 aromatic rings. The fraction of sp³-hybridized carbons (Fsp3) is 0.333. The molecule has 0 aliphatic carbocycles. The van der Waals surface area contributed by atoms with E-state index in [4.69, 9.17) is 0 Å². The summed E-state index contributed by atoms with van der Waals surface area (Å²) in [5, 5.41) is 9.57. The van der Waals surface area contributed by atoms with Gasteiger partial charge in [0.1, 0.15) is 11.9 Å². The van der Waals surface area contributed by atoms with Crippen LogP contribution in [0.3, 0.4) is 0 Å². The number of rotatable bonds is 10. The van der Waals surface area contributed by atoms with Crippen molar-refractivity contribution in [1.29, 1.82) is 0 Å². The first-order valence-corrected chi connectivity index (χ1v) is 10.7. The number of amides is 3. The summed E-state index contributed by atoms with van der Waals surface area (Å²) >= 11 is 0. The minimum atomic E-state index is -0.592. The van der Waals surface area contributed by atoms with Gasteiger partial charge < -0.3 is 20.5 Å². The lowest BCUT2D eigenvalue weighted by Crippen LogP contribution is -2.50. The van der Waals surface area contributed by atoms with Crippen LogP contribution in [0.4, 0.5) is 9.18 Å². The van der Waals surface area contributed by atoms with Crippen LogP contribution in [0.25, 0.3) is 10.9 Å². The molecule has 0 spiro atoms. The SMILES string of the molecule is CCCC(NC(=O)NCc1ccc(F)cc1)C(=O)NCCCn1ccc2ccccc21. The second-order valence-electron chi connectivity index (χ2n) is 7.51. The third kappa shape index (κ3) is 6.57. The van der Waals surface area contributed by atoms with E-state index in [0.29, 0.717) is 13.0 Å². The van der Waals surface area contributed by atoms with Crippen LogP contribution in [-0.2, 0) is 17.9 Å². The minimum absolute atomic E-state index is 0.184. The standard InChI is InChI=1S/C24H29FN4O2/c1-2-6-21(28-24(31)27-17-18-9-11-20(25)12-10-18)23(30)26-14-5-15-29-16-13-19-7-3-4-8-22(19)29/h3-4,7-13,16,21H,2,5-6,14-15,17H2,1H3,(H,26,30)(H2,27,28,31). The van der Waals surface area contributed by atoms with Gasteiger partial charge in [-0.15, -0.1) is 0 Å². The van der Waals surface area contributed by atoms with E-state index in [-0.39, 0.29) is 18.3 Å². The number of aromatic nitrogens is 1. The predicted molar refractivity (Wildman–Crippen MR) is 120 cm³/mol. The van der Waals surface area contributed by atoms with E-state index in [2.05, 4.69) is 44.9 Å². The number of hydrogen-bond acceptors (Lipinski definition) is 2. The fourth-order valence-electron chi connectivity index (χ4n) is 3.47. The zero-order valence-electron chi connectivity index (χ0n) is 17.7. The van der Waals surface area contributed by atoms with Crippen molar-refractivity contribution in [3.63, 3.8) is 0 Å². The van der Waals surface area contributed by atoms with Gasteiger partial charge in [-0.3, -0.25) is 4.79 Å². The van der Waals surface area contributed by atoms with Gasteiger partial charge in [0, 0.05) is 31.3 Å². The second-order valence-corrected chi connectivity index (χ2v) is 7.51. The Bertz CT molecular complexity index is 1000. The van der Waals surface area contributed by atoms with Crippen LogP contribution in [0.15, 0.2) is 60.8 Å². The van der Waals surface area contributed by atoms with Gasteiger partial charge in [-0.2, -0.15) is 0 Å². The third-order valence-electron chi connectivity index (χ3n) is 5.12. The molecule has 3 amide bonds. The molecule has 1 aromatic heterocycles. The molecule has 31 heavy (non-hydrogen) atoms. The van der Waals surface area contributed by atoms with Crippen LogP contribution in [0.2, 0.25) is 0 Å². The molecule has 164 valence electrons. The molecule has 0 saturated heterocycles. The van der Waals surface area contributed by atoms with Crippen LogP contribution in [0.1, 0.15) is 31.7 Å². The molecule has 2 aromatic carbocycles. The highest BCUT2D eigenvalue weighted by Gasteiger charge is 2.19. The Morgan fingerprint density at radius 3 is 2.58 bits per heavy atom. The van der Waals surface area contributed by atoms with Crippen LogP contribution < -0.4 is 16.0 Å². The first-order valence-electron chi connectivity index (χ1n) is 10.7. The monoisotopic (exact) mass is 424 g/mol. The number of carbonyl (C=O) groups excluding carboxylic acids is 2. The summed E-state index contributed by atoms with van der Waals surface area (Å²) in [4.78, 5) is 24.8. The van der Waals surface area contributed by atoms with E-state index in [1.807, 2.05) is 19.1 Å². The van der Waals surface area contributed by atoms with Crippen molar-refractivity contribution < 1.29 is 14.0 Å². The first-order chi connectivity index (χ1) is 15.1. The van der Waals surface area contributed by atoms with Crippen LogP contribution in [-0.4, -0.2) is 29.1 Å². The smallest absolute Gasteiger partial charge is 0.315 e. The topological polar surface area (TPSA) is 75.2 Å². The average molecular weight is 425 g/mol. The number of nitrogens with one attached hydrogen (secondary N) is 3. The van der Waals surface area contributed by atoms with Gasteiger partial charge in [0.15, 0.2) is 0 Å². The van der Waals surface area contributed by atoms with E-state index in [1.54, 1.807) is 12.1 Å². The summed E-state index contributed by atoms with van der Waals surface area (Å²) in [6.07, 6.45) is 4.17. The quantitative estimate of drug-likeness (QED) is 0.431. The highest BCUT2D eigenvalue weighted by molar-refractivity contribution is 5.87. The number of urea groups is 1. The zero-order chi connectivity index (χ0) is 22.1. The number of fused-ring (bicyclic) bond motifs is 1. The van der Waals surface area contributed by atoms with Crippen LogP contribution in [0.5, 0.6) is 0 Å². The van der Waals surface area contributed by atoms with E-state index in [9.17, 15) is 14.0 Å². The lowest BCUT2D eigenvalue weighted by Gasteiger charge is -2.18. The van der Waals surface area contributed by atoms with Crippen molar-refractivity contribution in [1.82, 2.24) is 20.5 Å². The predicted octanol–water partition coefficient (Wildman–Crippen LogP) is 3.95. The molecule has 3 N–H and O–H groups in total. The maximum Gasteiger partial charge on any atom is 0.315 e. The Kier molecular flexibility index (Phi) is 8.04. The summed E-state index contributed by atoms with van der Waals surface area (Å²) in [6.45, 7) is 3.56. The summed E-state index contributed by atoms with van der Waals surface area (Å²) in [5.74, 6) is -0.506. The second kappa shape index (κ2) is 11.2. The molecule has 7 heteroatoms. The molecular weight excluding hydrogens is 395 g/mol. The fourth-order valence-corrected chi connectivity index (χ4v) is 3.47. The van der Waals surface area contributed by atoms with Gasteiger partial charge in [-0.1, -0.05) is 43.7 Å². The van der Waals surface area contributed by atoms with Gasteiger partial charge in [0.05, 0.1) is 0 Å². The molecule has 0 bridgehead atoms. The van der Waals surface area contributed by atoms with Gasteiger partial charge in [0.2, 0.25) is 5.91 Å². The van der Waals surface area contributed by atoms with Crippen molar-refractivity contribution in [2.75, 3.05) is 6.54 Å². The van der Waals surface area contributed by atoms with Crippen LogP contribution >= 0.6 is 0 Å². The van der Waals surface area contributed by atoms with Gasteiger partial charge in [-0.05, 0) is 48.1 Å². The highest BCUT2D eigenvalue weighted by Crippen LogP contribution is 2.15. The zero-order valence-corrected chi connectivity index (χ0v) is 17.7. The van der Waals surface area contributed by atoms with E-state index >= 15 is 0 Å². The maximum atomic E-state index is 13.0. The molecule has 0 fully saturated rings. The number of aryl methyl sites for hydroxylation is 1. The molecule has 6 nitrogen and oxygen atoms in total. The Morgan fingerprint density at radius 1 is 1.03 bits per heavy atom. The lowest BCUT2D eigenvalue weighted by molar-refractivity contribution is -0.123. The van der Waals surface area contributed by atoms with E-state index in [1.165, 1.54) is 23.0 Å². The Balaban J connectivity index is 1.42. The van der Waals surface area contributed by atoms with Gasteiger partial charge in [0.25, 0.3) is 0 Å². The average Bonchev–Trinajstić information content (AvgIpc) is 3.19. The van der Waals surface area contributed by atoms with E-state index in [0.717, 1.165) is 24.9 Å². The number of para-hydroxylation sites is 1. The van der Waals surface area contributed by atoms with Crippen molar-refractivity contribution in [2.24, 2.45) is 0 Å². The molecule has 0 aliphatic rings. The first kappa shape index (κ1) is 22.3. The molecule has 1 heterocycles. The molecule has 0 saturated carbocycles. The summed E-state index contributed by atoms with van der Waals surface area (Å²) in [6, 6.07) is 15.2. The summed E-state index contributed by atoms with van der Waals surface area (Å²) in [5.41, 5.74) is 1.96.